The first-order valence-electron chi connectivity index (χ1n) is 24.1. The van der Waals surface area contributed by atoms with E-state index >= 15 is 0 Å². The molecule has 6 saturated carbocycles. The molecule has 0 aromatic heterocycles. The minimum atomic E-state index is -2.33. The first kappa shape index (κ1) is 41.1. The average Bonchev–Trinajstić information content (AvgIpc) is 3.20. The number of benzene rings is 1. The number of aliphatic hydroxyl groups is 1. The van der Waals surface area contributed by atoms with Gasteiger partial charge in [0.1, 0.15) is 11.6 Å². The molecule has 9 aliphatic carbocycles. The summed E-state index contributed by atoms with van der Waals surface area (Å²) < 4.78 is 13.6. The molecule has 0 bridgehead atoms. The number of allylic oxidation sites excluding steroid dienone is 5. The van der Waals surface area contributed by atoms with Crippen LogP contribution in [0.5, 0.6) is 11.5 Å². The second kappa shape index (κ2) is 11.8. The van der Waals surface area contributed by atoms with Gasteiger partial charge in [0.15, 0.2) is 17.3 Å². The van der Waals surface area contributed by atoms with Gasteiger partial charge in [0.2, 0.25) is 11.4 Å². The highest BCUT2D eigenvalue weighted by atomic mass is 16.7. The zero-order valence-electron chi connectivity index (χ0n) is 39.2. The second-order valence-corrected chi connectivity index (χ2v) is 24.9. The largest absolute Gasteiger partial charge is 0.471 e. The van der Waals surface area contributed by atoms with E-state index < -0.39 is 28.0 Å². The number of ether oxygens (including phenoxy) is 2. The van der Waals surface area contributed by atoms with Crippen molar-refractivity contribution in [3.8, 4) is 11.5 Å². The predicted molar refractivity (Wildman–Crippen MR) is 238 cm³/mol. The van der Waals surface area contributed by atoms with Crippen LogP contribution in [0.25, 0.3) is 0 Å². The van der Waals surface area contributed by atoms with Gasteiger partial charge in [-0.2, -0.15) is 0 Å². The lowest BCUT2D eigenvalue weighted by Crippen LogP contribution is -2.70. The summed E-state index contributed by atoms with van der Waals surface area (Å²) in [4.78, 5) is 55.4. The fraction of sp³-hybridized carbons (Fsp3) is 0.673. The average molecular weight is 841 g/mol. The molecular formula is C55H68O7. The molecule has 0 spiro atoms. The molecule has 10 aliphatic rings. The van der Waals surface area contributed by atoms with Gasteiger partial charge >= 0.3 is 5.79 Å². The smallest absolute Gasteiger partial charge is 0.317 e. The van der Waals surface area contributed by atoms with Crippen molar-refractivity contribution in [1.82, 2.24) is 0 Å². The molecule has 0 saturated heterocycles. The monoisotopic (exact) mass is 840 g/mol. The number of ketones is 4. The van der Waals surface area contributed by atoms with Crippen molar-refractivity contribution in [3.05, 3.63) is 69.9 Å². The predicted octanol–water partition coefficient (Wildman–Crippen LogP) is 11.1. The second-order valence-electron chi connectivity index (χ2n) is 24.9. The Morgan fingerprint density at radius 1 is 0.581 bits per heavy atom. The summed E-state index contributed by atoms with van der Waals surface area (Å²) in [6.45, 7) is 24.9. The van der Waals surface area contributed by atoms with E-state index in [0.717, 1.165) is 80.9 Å². The maximum atomic E-state index is 14.7. The number of carbonyl (C=O) groups is 4. The van der Waals surface area contributed by atoms with Gasteiger partial charge in [-0.15, -0.1) is 0 Å². The summed E-state index contributed by atoms with van der Waals surface area (Å²) in [5.41, 5.74) is 2.51. The van der Waals surface area contributed by atoms with Crippen LogP contribution in [-0.2, 0) is 19.8 Å². The third-order valence-corrected chi connectivity index (χ3v) is 22.1. The number of rotatable bonds is 0. The van der Waals surface area contributed by atoms with Crippen molar-refractivity contribution in [2.24, 2.45) is 61.6 Å². The maximum absolute atomic E-state index is 14.7. The van der Waals surface area contributed by atoms with Crippen molar-refractivity contribution in [2.75, 3.05) is 0 Å². The van der Waals surface area contributed by atoms with Gasteiger partial charge in [0.05, 0.1) is 0 Å². The van der Waals surface area contributed by atoms with Crippen LogP contribution in [0.15, 0.2) is 58.7 Å². The maximum Gasteiger partial charge on any atom is 0.317 e. The molecule has 0 amide bonds. The molecule has 1 aromatic carbocycles. The van der Waals surface area contributed by atoms with Crippen molar-refractivity contribution in [2.45, 2.75) is 170 Å². The molecule has 7 nitrogen and oxygen atoms in total. The normalized spacial score (nSPS) is 50.9. The molecule has 1 heterocycles. The Balaban J connectivity index is 0.969. The molecule has 14 atom stereocenters. The van der Waals surface area contributed by atoms with Crippen molar-refractivity contribution >= 4 is 23.1 Å². The van der Waals surface area contributed by atoms with Crippen molar-refractivity contribution < 1.29 is 33.8 Å². The van der Waals surface area contributed by atoms with E-state index in [9.17, 15) is 24.3 Å². The van der Waals surface area contributed by atoms with Crippen LogP contribution in [0.4, 0.5) is 0 Å². The van der Waals surface area contributed by atoms with Gasteiger partial charge in [-0.1, -0.05) is 87.0 Å². The Bertz CT molecular complexity index is 2490. The molecule has 0 radical (unpaired) electrons. The van der Waals surface area contributed by atoms with E-state index in [2.05, 4.69) is 81.4 Å². The number of carbonyl (C=O) groups excluding carboxylic acids is 4. The molecule has 6 fully saturated rings. The van der Waals surface area contributed by atoms with E-state index in [0.29, 0.717) is 47.6 Å². The van der Waals surface area contributed by atoms with E-state index in [4.69, 9.17) is 9.47 Å². The Kier molecular flexibility index (Phi) is 7.84. The number of Topliss-reactive ketones (excluding diaryl/α,β-unsaturated/α-hetero) is 2. The Labute approximate surface area is 368 Å². The quantitative estimate of drug-likeness (QED) is 0.277. The minimum absolute atomic E-state index is 0.00805. The standard InChI is InChI=1S/C55H68O7/c1-30-22-42-46(3,28-37(30)57)14-18-50(7)41-13-12-33-35(49(41,6)17-21-51(42,50)8)26-45(59)55(60)54(33,11)61-39-24-32-34(25-40(39)62-55)48(5)16-20-52(9)43-23-31(2)38(58)29-47(43,4)15-19-53(52,10)44(48)27-36(32)56/h12-13,24-27,30-31,42-43,60H,14-23,28-29H2,1-11H3/t30-,31-,42-,43-,46+,47+,48+,49+,50-,51+,52+,53-,54-,55+/m1/s1. The Morgan fingerprint density at radius 2 is 1.11 bits per heavy atom. The van der Waals surface area contributed by atoms with Crippen LogP contribution in [0, 0.1) is 61.6 Å². The third-order valence-electron chi connectivity index (χ3n) is 22.1. The molecule has 1 aromatic rings. The SMILES string of the molecule is C[C@@H]1C[C@@H]2[C@@](C)(CC[C@]3(C)C4=CC=C5C(=CC(=O)[C@]6(O)Oc7cc8c(cc7O[C@]56C)C(=O)C=C5[C@@]8(C)CC[C@@]6(C)[C@@H]7C[C@@H](C)C(=O)C[C@]7(C)CC[C@]56C)[C@]4(C)CC[C@@]23C)CC1=O. The van der Waals surface area contributed by atoms with Crippen LogP contribution in [0.3, 0.4) is 0 Å². The highest BCUT2D eigenvalue weighted by Crippen LogP contribution is 2.76. The molecule has 1 aliphatic heterocycles. The molecule has 7 heteroatoms. The first-order chi connectivity index (χ1) is 28.8. The van der Waals surface area contributed by atoms with Crippen LogP contribution in [-0.4, -0.2) is 39.6 Å². The Morgan fingerprint density at radius 3 is 1.69 bits per heavy atom. The van der Waals surface area contributed by atoms with Crippen LogP contribution in [0.2, 0.25) is 0 Å². The number of hydrogen-bond donors (Lipinski definition) is 1. The van der Waals surface area contributed by atoms with Crippen LogP contribution < -0.4 is 9.47 Å². The molecule has 330 valence electrons. The number of hydrogen-bond acceptors (Lipinski definition) is 7. The molecule has 11 rings (SSSR count). The summed E-state index contributed by atoms with van der Waals surface area (Å²) in [6.07, 6.45) is 18.5. The van der Waals surface area contributed by atoms with Gasteiger partial charge in [-0.25, -0.2) is 0 Å². The van der Waals surface area contributed by atoms with Crippen LogP contribution >= 0.6 is 0 Å². The summed E-state index contributed by atoms with van der Waals surface area (Å²) in [7, 11) is 0. The number of fused-ring (bicyclic) bond motifs is 17. The topological polar surface area (TPSA) is 107 Å². The van der Waals surface area contributed by atoms with Gasteiger partial charge in [-0.05, 0) is 156 Å². The van der Waals surface area contributed by atoms with Gasteiger partial charge < -0.3 is 14.6 Å². The molecular weight excluding hydrogens is 773 g/mol. The zero-order valence-corrected chi connectivity index (χ0v) is 39.2. The molecule has 1 N–H and O–H groups in total. The highest BCUT2D eigenvalue weighted by molar-refractivity contribution is 6.09. The summed E-state index contributed by atoms with van der Waals surface area (Å²) in [6, 6.07) is 3.71. The summed E-state index contributed by atoms with van der Waals surface area (Å²) in [5.74, 6) is -0.558. The summed E-state index contributed by atoms with van der Waals surface area (Å²) in [5, 5.41) is 12.7. The van der Waals surface area contributed by atoms with Crippen LogP contribution in [0.1, 0.15) is 169 Å². The lowest BCUT2D eigenvalue weighted by molar-refractivity contribution is -0.231. The molecule has 0 unspecified atom stereocenters. The molecule has 62 heavy (non-hydrogen) atoms. The van der Waals surface area contributed by atoms with E-state index in [-0.39, 0.29) is 55.9 Å². The van der Waals surface area contributed by atoms with E-state index in [1.165, 1.54) is 11.1 Å². The highest BCUT2D eigenvalue weighted by Gasteiger charge is 2.72. The first-order valence-corrected chi connectivity index (χ1v) is 24.1. The van der Waals surface area contributed by atoms with Gasteiger partial charge in [0, 0.05) is 46.6 Å². The van der Waals surface area contributed by atoms with Crippen molar-refractivity contribution in [3.63, 3.8) is 0 Å². The van der Waals surface area contributed by atoms with Gasteiger partial charge in [0.25, 0.3) is 0 Å². The lowest BCUT2D eigenvalue weighted by Gasteiger charge is -2.69. The van der Waals surface area contributed by atoms with Gasteiger partial charge in [-0.3, -0.25) is 19.2 Å². The zero-order chi connectivity index (χ0) is 44.4. The van der Waals surface area contributed by atoms with E-state index in [1.807, 2.05) is 18.2 Å². The fourth-order valence-electron chi connectivity index (χ4n) is 17.6. The van der Waals surface area contributed by atoms with Crippen molar-refractivity contribution in [1.29, 1.82) is 0 Å². The Hall–Kier alpha value is -3.58. The lowest BCUT2D eigenvalue weighted by atomic mass is 9.35. The summed E-state index contributed by atoms with van der Waals surface area (Å²) >= 11 is 0. The fourth-order valence-corrected chi connectivity index (χ4v) is 17.6. The minimum Gasteiger partial charge on any atom is -0.471 e. The van der Waals surface area contributed by atoms with E-state index in [1.54, 1.807) is 13.0 Å². The third kappa shape index (κ3) is 4.49.